The number of rotatable bonds is 12. The molecule has 0 aliphatic heterocycles. The Balaban J connectivity index is 4.44. The summed E-state index contributed by atoms with van der Waals surface area (Å²) in [5.74, 6) is 0. The van der Waals surface area contributed by atoms with Crippen molar-refractivity contribution in [2.24, 2.45) is 10.4 Å². The van der Waals surface area contributed by atoms with Crippen molar-refractivity contribution >= 4 is 6.72 Å². The van der Waals surface area contributed by atoms with Crippen LogP contribution in [0.25, 0.3) is 0 Å². The lowest BCUT2D eigenvalue weighted by molar-refractivity contribution is 0.186. The molecular formula is C16H33N. The van der Waals surface area contributed by atoms with Crippen LogP contribution < -0.4 is 0 Å². The number of hydrogen-bond acceptors (Lipinski definition) is 1. The van der Waals surface area contributed by atoms with E-state index in [-0.39, 0.29) is 0 Å². The van der Waals surface area contributed by atoms with E-state index in [1.807, 2.05) is 0 Å². The molecule has 0 atom stereocenters. The Morgan fingerprint density at radius 3 is 1.47 bits per heavy atom. The van der Waals surface area contributed by atoms with Crippen LogP contribution in [0, 0.1) is 5.41 Å². The third-order valence-electron chi connectivity index (χ3n) is 3.98. The molecule has 0 spiro atoms. The van der Waals surface area contributed by atoms with Crippen LogP contribution in [-0.4, -0.2) is 13.3 Å². The summed E-state index contributed by atoms with van der Waals surface area (Å²) in [5.41, 5.74) is 0.573. The summed E-state index contributed by atoms with van der Waals surface area (Å²) in [6.07, 6.45) is 13.6. The minimum atomic E-state index is 0.573. The third kappa shape index (κ3) is 7.57. The maximum absolute atomic E-state index is 4.09. The van der Waals surface area contributed by atoms with Gasteiger partial charge in [0.25, 0.3) is 0 Å². The normalized spacial score (nSPS) is 11.7. The van der Waals surface area contributed by atoms with Crippen molar-refractivity contribution in [1.82, 2.24) is 0 Å². The Kier molecular flexibility index (Phi) is 10.6. The molecule has 0 aliphatic rings. The van der Waals surface area contributed by atoms with Crippen molar-refractivity contribution in [3.05, 3.63) is 0 Å². The second kappa shape index (κ2) is 10.8. The molecule has 0 amide bonds. The van der Waals surface area contributed by atoms with Gasteiger partial charge in [0.15, 0.2) is 0 Å². The highest BCUT2D eigenvalue weighted by molar-refractivity contribution is 5.23. The molecule has 102 valence electrons. The first kappa shape index (κ1) is 16.7. The van der Waals surface area contributed by atoms with Crippen LogP contribution >= 0.6 is 0 Å². The van der Waals surface area contributed by atoms with E-state index in [1.54, 1.807) is 0 Å². The summed E-state index contributed by atoms with van der Waals surface area (Å²) in [6.45, 7) is 11.5. The first-order valence-corrected chi connectivity index (χ1v) is 7.67. The van der Waals surface area contributed by atoms with Crippen molar-refractivity contribution in [2.45, 2.75) is 85.0 Å². The van der Waals surface area contributed by atoms with E-state index in [4.69, 9.17) is 0 Å². The SMILES string of the molecule is C=NCCC(CCCC)(CCCC)CCCC. The molecule has 0 rings (SSSR count). The molecule has 0 saturated carbocycles. The van der Waals surface area contributed by atoms with Crippen molar-refractivity contribution in [1.29, 1.82) is 0 Å². The third-order valence-corrected chi connectivity index (χ3v) is 3.98. The molecule has 0 N–H and O–H groups in total. The molecule has 0 aromatic rings. The average Bonchev–Trinajstić information content (AvgIpc) is 2.37. The van der Waals surface area contributed by atoms with Crippen molar-refractivity contribution in [3.8, 4) is 0 Å². The largest absolute Gasteiger partial charge is 0.301 e. The van der Waals surface area contributed by atoms with E-state index < -0.39 is 0 Å². The molecule has 0 bridgehead atoms. The summed E-state index contributed by atoms with van der Waals surface area (Å²) >= 11 is 0. The lowest BCUT2D eigenvalue weighted by Crippen LogP contribution is -2.22. The predicted octanol–water partition coefficient (Wildman–Crippen LogP) is 5.63. The molecule has 1 heteroatoms. The number of unbranched alkanes of at least 4 members (excludes halogenated alkanes) is 3. The summed E-state index contributed by atoms with van der Waals surface area (Å²) in [4.78, 5) is 4.09. The summed E-state index contributed by atoms with van der Waals surface area (Å²) in [7, 11) is 0. The Bertz CT molecular complexity index is 153. The average molecular weight is 239 g/mol. The van der Waals surface area contributed by atoms with Crippen LogP contribution in [0.5, 0.6) is 0 Å². The highest BCUT2D eigenvalue weighted by Crippen LogP contribution is 2.39. The maximum Gasteiger partial charge on any atom is 0.0387 e. The quantitative estimate of drug-likeness (QED) is 0.391. The Morgan fingerprint density at radius 1 is 0.765 bits per heavy atom. The van der Waals surface area contributed by atoms with E-state index in [2.05, 4.69) is 32.5 Å². The Labute approximate surface area is 109 Å². The molecule has 0 radical (unpaired) electrons. The minimum Gasteiger partial charge on any atom is -0.301 e. The fourth-order valence-electron chi connectivity index (χ4n) is 2.72. The van der Waals surface area contributed by atoms with E-state index in [0.717, 1.165) is 6.54 Å². The predicted molar refractivity (Wildman–Crippen MR) is 80.0 cm³/mol. The van der Waals surface area contributed by atoms with Gasteiger partial charge in [0, 0.05) is 6.54 Å². The van der Waals surface area contributed by atoms with E-state index in [1.165, 1.54) is 64.2 Å². The number of aliphatic imine (C=N–C) groups is 1. The molecule has 1 nitrogen and oxygen atoms in total. The van der Waals surface area contributed by atoms with Gasteiger partial charge in [-0.3, -0.25) is 0 Å². The van der Waals surface area contributed by atoms with Crippen molar-refractivity contribution < 1.29 is 0 Å². The Hall–Kier alpha value is -0.330. The summed E-state index contributed by atoms with van der Waals surface area (Å²) < 4.78 is 0. The zero-order valence-electron chi connectivity index (χ0n) is 12.4. The fraction of sp³-hybridized carbons (Fsp3) is 0.938. The lowest BCUT2D eigenvalue weighted by atomic mass is 9.72. The summed E-state index contributed by atoms with van der Waals surface area (Å²) in [6, 6.07) is 0. The van der Waals surface area contributed by atoms with Gasteiger partial charge >= 0.3 is 0 Å². The second-order valence-electron chi connectivity index (χ2n) is 5.51. The van der Waals surface area contributed by atoms with Gasteiger partial charge in [-0.05, 0) is 37.8 Å². The zero-order valence-corrected chi connectivity index (χ0v) is 12.4. The van der Waals surface area contributed by atoms with Crippen LogP contribution in [0.4, 0.5) is 0 Å². The zero-order chi connectivity index (χ0) is 13.0. The van der Waals surface area contributed by atoms with E-state index in [9.17, 15) is 0 Å². The van der Waals surface area contributed by atoms with Crippen LogP contribution in [0.1, 0.15) is 85.0 Å². The van der Waals surface area contributed by atoms with Crippen LogP contribution in [0.15, 0.2) is 4.99 Å². The maximum atomic E-state index is 4.09. The minimum absolute atomic E-state index is 0.573. The molecule has 0 saturated heterocycles. The first-order chi connectivity index (χ1) is 8.24. The van der Waals surface area contributed by atoms with Gasteiger partial charge in [0.05, 0.1) is 0 Å². The molecule has 0 unspecified atom stereocenters. The molecule has 0 aliphatic carbocycles. The topological polar surface area (TPSA) is 12.4 Å². The Morgan fingerprint density at radius 2 is 1.18 bits per heavy atom. The number of nitrogens with zero attached hydrogens (tertiary/aromatic N) is 1. The van der Waals surface area contributed by atoms with Crippen LogP contribution in [0.2, 0.25) is 0 Å². The standard InChI is InChI=1S/C16H33N/c1-5-8-11-16(12-9-6-2,13-10-7-3)14-15-17-4/h4-15H2,1-3H3. The highest BCUT2D eigenvalue weighted by Gasteiger charge is 2.27. The monoisotopic (exact) mass is 239 g/mol. The van der Waals surface area contributed by atoms with Crippen LogP contribution in [-0.2, 0) is 0 Å². The van der Waals surface area contributed by atoms with E-state index in [0.29, 0.717) is 5.41 Å². The van der Waals surface area contributed by atoms with Gasteiger partial charge < -0.3 is 4.99 Å². The smallest absolute Gasteiger partial charge is 0.0387 e. The van der Waals surface area contributed by atoms with Gasteiger partial charge in [-0.1, -0.05) is 59.3 Å². The number of hydrogen-bond donors (Lipinski definition) is 0. The van der Waals surface area contributed by atoms with Gasteiger partial charge in [-0.2, -0.15) is 0 Å². The fourth-order valence-corrected chi connectivity index (χ4v) is 2.72. The van der Waals surface area contributed by atoms with Crippen molar-refractivity contribution in [3.63, 3.8) is 0 Å². The van der Waals surface area contributed by atoms with Gasteiger partial charge in [0.1, 0.15) is 0 Å². The van der Waals surface area contributed by atoms with E-state index >= 15 is 0 Å². The molecule has 0 heterocycles. The molecule has 0 aromatic carbocycles. The van der Waals surface area contributed by atoms with Gasteiger partial charge in [-0.15, -0.1) is 0 Å². The van der Waals surface area contributed by atoms with Crippen LogP contribution in [0.3, 0.4) is 0 Å². The highest BCUT2D eigenvalue weighted by atomic mass is 14.7. The molecule has 0 fully saturated rings. The van der Waals surface area contributed by atoms with Gasteiger partial charge in [0.2, 0.25) is 0 Å². The van der Waals surface area contributed by atoms with Gasteiger partial charge in [-0.25, -0.2) is 0 Å². The second-order valence-corrected chi connectivity index (χ2v) is 5.51. The molecule has 0 aromatic heterocycles. The van der Waals surface area contributed by atoms with Crippen molar-refractivity contribution in [2.75, 3.05) is 6.54 Å². The lowest BCUT2D eigenvalue weighted by Gasteiger charge is -2.34. The molecular weight excluding hydrogens is 206 g/mol. The first-order valence-electron chi connectivity index (χ1n) is 7.67. The summed E-state index contributed by atoms with van der Waals surface area (Å²) in [5, 5.41) is 0. The molecule has 17 heavy (non-hydrogen) atoms.